The van der Waals surface area contributed by atoms with Gasteiger partial charge in [0.15, 0.2) is 0 Å². The Hall–Kier alpha value is -2.59. The number of rotatable bonds is 7. The molecule has 0 aliphatic heterocycles. The van der Waals surface area contributed by atoms with Gasteiger partial charge in [-0.1, -0.05) is 49.4 Å². The second kappa shape index (κ2) is 7.99. The van der Waals surface area contributed by atoms with Gasteiger partial charge in [-0.15, -0.1) is 0 Å². The zero-order valence-corrected chi connectivity index (χ0v) is 15.0. The van der Waals surface area contributed by atoms with Crippen LogP contribution in [-0.2, 0) is 7.05 Å². The quantitative estimate of drug-likeness (QED) is 0.711. The van der Waals surface area contributed by atoms with E-state index in [0.717, 1.165) is 18.1 Å². The van der Waals surface area contributed by atoms with E-state index in [0.29, 0.717) is 5.92 Å². The number of hydrogen-bond acceptors (Lipinski definition) is 3. The Kier molecular flexibility index (Phi) is 5.51. The molecule has 0 fully saturated rings. The molecule has 0 radical (unpaired) electrons. The number of aryl methyl sites for hydroxylation is 1. The third-order valence-corrected chi connectivity index (χ3v) is 4.56. The van der Waals surface area contributed by atoms with Gasteiger partial charge in [0.1, 0.15) is 11.6 Å². The number of nitrogens with one attached hydrogen (secondary N) is 1. The van der Waals surface area contributed by atoms with E-state index in [1.54, 1.807) is 7.11 Å². The van der Waals surface area contributed by atoms with Crippen LogP contribution in [0.2, 0.25) is 0 Å². The largest absolute Gasteiger partial charge is 0.497 e. The summed E-state index contributed by atoms with van der Waals surface area (Å²) in [5.74, 6) is 2.28. The normalized spacial score (nSPS) is 13.4. The first kappa shape index (κ1) is 17.2. The molecule has 0 saturated heterocycles. The van der Waals surface area contributed by atoms with Gasteiger partial charge >= 0.3 is 0 Å². The molecule has 2 aromatic carbocycles. The first-order chi connectivity index (χ1) is 12.2. The molecule has 25 heavy (non-hydrogen) atoms. The molecule has 2 unspecified atom stereocenters. The molecule has 0 bridgehead atoms. The van der Waals surface area contributed by atoms with Crippen LogP contribution in [0.15, 0.2) is 67.0 Å². The summed E-state index contributed by atoms with van der Waals surface area (Å²) in [7, 11) is 3.71. The summed E-state index contributed by atoms with van der Waals surface area (Å²) < 4.78 is 7.34. The molecular formula is C21H25N3O. The fourth-order valence-electron chi connectivity index (χ4n) is 3.00. The standard InChI is InChI=1S/C21H25N3O/c1-16(17-7-5-4-6-8-17)15-23-20(21-22-13-14-24(21)2)18-9-11-19(25-3)12-10-18/h4-14,16,20,23H,15H2,1-3H3. The Balaban J connectivity index is 1.80. The number of aromatic nitrogens is 2. The summed E-state index contributed by atoms with van der Waals surface area (Å²) in [4.78, 5) is 4.55. The van der Waals surface area contributed by atoms with Crippen molar-refractivity contribution in [2.24, 2.45) is 7.05 Å². The monoisotopic (exact) mass is 335 g/mol. The van der Waals surface area contributed by atoms with E-state index in [1.165, 1.54) is 11.1 Å². The lowest BCUT2D eigenvalue weighted by molar-refractivity contribution is 0.414. The van der Waals surface area contributed by atoms with Gasteiger partial charge in [-0.3, -0.25) is 0 Å². The van der Waals surface area contributed by atoms with Gasteiger partial charge in [0.2, 0.25) is 0 Å². The SMILES string of the molecule is COc1ccc(C(NCC(C)c2ccccc2)c2nccn2C)cc1. The fourth-order valence-corrected chi connectivity index (χ4v) is 3.00. The molecule has 2 atom stereocenters. The molecule has 0 aliphatic rings. The van der Waals surface area contributed by atoms with E-state index in [2.05, 4.69) is 64.3 Å². The highest BCUT2D eigenvalue weighted by Gasteiger charge is 2.19. The highest BCUT2D eigenvalue weighted by Crippen LogP contribution is 2.24. The molecular weight excluding hydrogens is 310 g/mol. The zero-order valence-electron chi connectivity index (χ0n) is 15.0. The highest BCUT2D eigenvalue weighted by atomic mass is 16.5. The summed E-state index contributed by atoms with van der Waals surface area (Å²) in [5, 5.41) is 3.69. The van der Waals surface area contributed by atoms with Crippen LogP contribution in [0, 0.1) is 0 Å². The number of nitrogens with zero attached hydrogens (tertiary/aromatic N) is 2. The van der Waals surface area contributed by atoms with Crippen LogP contribution < -0.4 is 10.1 Å². The minimum Gasteiger partial charge on any atom is -0.497 e. The molecule has 4 heteroatoms. The third kappa shape index (κ3) is 4.09. The van der Waals surface area contributed by atoms with Crippen molar-refractivity contribution in [1.29, 1.82) is 0 Å². The average molecular weight is 335 g/mol. The molecule has 4 nitrogen and oxygen atoms in total. The smallest absolute Gasteiger partial charge is 0.130 e. The van der Waals surface area contributed by atoms with Crippen LogP contribution in [-0.4, -0.2) is 23.2 Å². The van der Waals surface area contributed by atoms with E-state index in [1.807, 2.05) is 31.6 Å². The topological polar surface area (TPSA) is 39.1 Å². The van der Waals surface area contributed by atoms with Crippen molar-refractivity contribution in [1.82, 2.24) is 14.9 Å². The van der Waals surface area contributed by atoms with E-state index < -0.39 is 0 Å². The third-order valence-electron chi connectivity index (χ3n) is 4.56. The van der Waals surface area contributed by atoms with Crippen LogP contribution >= 0.6 is 0 Å². The summed E-state index contributed by atoms with van der Waals surface area (Å²) in [6.07, 6.45) is 3.82. The summed E-state index contributed by atoms with van der Waals surface area (Å²) in [6.45, 7) is 3.11. The Bertz CT molecular complexity index is 780. The van der Waals surface area contributed by atoms with Gasteiger partial charge in [-0.25, -0.2) is 4.98 Å². The maximum atomic E-state index is 5.28. The van der Waals surface area contributed by atoms with Gasteiger partial charge in [-0.2, -0.15) is 0 Å². The Morgan fingerprint density at radius 3 is 2.36 bits per heavy atom. The van der Waals surface area contributed by atoms with Crippen molar-refractivity contribution < 1.29 is 4.74 Å². The maximum absolute atomic E-state index is 5.28. The maximum Gasteiger partial charge on any atom is 0.130 e. The van der Waals surface area contributed by atoms with E-state index >= 15 is 0 Å². The Labute approximate surface area is 149 Å². The highest BCUT2D eigenvalue weighted by molar-refractivity contribution is 5.32. The lowest BCUT2D eigenvalue weighted by Gasteiger charge is -2.22. The molecule has 0 amide bonds. The number of ether oxygens (including phenoxy) is 1. The zero-order chi connectivity index (χ0) is 17.6. The lowest BCUT2D eigenvalue weighted by atomic mass is 9.99. The minimum absolute atomic E-state index is 0.0390. The molecule has 1 N–H and O–H groups in total. The molecule has 0 aliphatic carbocycles. The lowest BCUT2D eigenvalue weighted by Crippen LogP contribution is -2.28. The minimum atomic E-state index is 0.0390. The predicted molar refractivity (Wildman–Crippen MR) is 101 cm³/mol. The summed E-state index contributed by atoms with van der Waals surface area (Å²) >= 11 is 0. The predicted octanol–water partition coefficient (Wildman–Crippen LogP) is 3.91. The van der Waals surface area contributed by atoms with E-state index in [4.69, 9.17) is 4.74 Å². The van der Waals surface area contributed by atoms with Crippen LogP contribution in [0.3, 0.4) is 0 Å². The number of hydrogen-bond donors (Lipinski definition) is 1. The second-order valence-electron chi connectivity index (χ2n) is 6.32. The van der Waals surface area contributed by atoms with Crippen molar-refractivity contribution in [3.63, 3.8) is 0 Å². The van der Waals surface area contributed by atoms with Gasteiger partial charge in [0, 0.05) is 26.0 Å². The van der Waals surface area contributed by atoms with Gasteiger partial charge in [0.25, 0.3) is 0 Å². The van der Waals surface area contributed by atoms with E-state index in [9.17, 15) is 0 Å². The molecule has 3 aromatic rings. The van der Waals surface area contributed by atoms with Gasteiger partial charge < -0.3 is 14.6 Å². The van der Waals surface area contributed by atoms with Gasteiger partial charge in [0.05, 0.1) is 13.2 Å². The van der Waals surface area contributed by atoms with Crippen LogP contribution in [0.5, 0.6) is 5.75 Å². The average Bonchev–Trinajstić information content (AvgIpc) is 3.09. The Morgan fingerprint density at radius 1 is 1.04 bits per heavy atom. The first-order valence-corrected chi connectivity index (χ1v) is 8.58. The van der Waals surface area contributed by atoms with E-state index in [-0.39, 0.29) is 6.04 Å². The van der Waals surface area contributed by atoms with Crippen LogP contribution in [0.1, 0.15) is 35.8 Å². The van der Waals surface area contributed by atoms with Crippen molar-refractivity contribution in [2.75, 3.05) is 13.7 Å². The summed E-state index contributed by atoms with van der Waals surface area (Å²) in [6, 6.07) is 18.8. The van der Waals surface area contributed by atoms with Crippen molar-refractivity contribution in [2.45, 2.75) is 18.9 Å². The van der Waals surface area contributed by atoms with Gasteiger partial charge in [-0.05, 0) is 29.2 Å². The molecule has 1 aromatic heterocycles. The number of methoxy groups -OCH3 is 1. The van der Waals surface area contributed by atoms with Crippen LogP contribution in [0.25, 0.3) is 0 Å². The second-order valence-corrected chi connectivity index (χ2v) is 6.32. The molecule has 130 valence electrons. The van der Waals surface area contributed by atoms with Crippen molar-refractivity contribution in [3.8, 4) is 5.75 Å². The van der Waals surface area contributed by atoms with Crippen molar-refractivity contribution in [3.05, 3.63) is 83.9 Å². The first-order valence-electron chi connectivity index (χ1n) is 8.58. The van der Waals surface area contributed by atoms with Crippen LogP contribution in [0.4, 0.5) is 0 Å². The molecule has 3 rings (SSSR count). The molecule has 0 saturated carbocycles. The van der Waals surface area contributed by atoms with Crippen molar-refractivity contribution >= 4 is 0 Å². The number of imidazole rings is 1. The fraction of sp³-hybridized carbons (Fsp3) is 0.286. The molecule has 1 heterocycles. The molecule has 0 spiro atoms. The summed E-state index contributed by atoms with van der Waals surface area (Å²) in [5.41, 5.74) is 2.51. The Morgan fingerprint density at radius 2 is 1.76 bits per heavy atom. The number of benzene rings is 2.